The van der Waals surface area contributed by atoms with Gasteiger partial charge in [-0.15, -0.1) is 0 Å². The second-order valence-corrected chi connectivity index (χ2v) is 3.19. The predicted molar refractivity (Wildman–Crippen MR) is 42.6 cm³/mol. The molecule has 2 heteroatoms. The van der Waals surface area contributed by atoms with E-state index in [2.05, 4.69) is 25.2 Å². The fraction of sp³-hybridized carbons (Fsp3) is 0.875. The molecule has 0 aliphatic carbocycles. The molecule has 0 saturated carbocycles. The van der Waals surface area contributed by atoms with Crippen molar-refractivity contribution < 1.29 is 0 Å². The zero-order chi connectivity index (χ0) is 8.20. The summed E-state index contributed by atoms with van der Waals surface area (Å²) in [5.74, 6) is 0. The lowest BCUT2D eigenvalue weighted by Gasteiger charge is -2.22. The molecule has 0 rings (SSSR count). The van der Waals surface area contributed by atoms with E-state index in [-0.39, 0.29) is 5.54 Å². The second-order valence-electron chi connectivity index (χ2n) is 3.19. The summed E-state index contributed by atoms with van der Waals surface area (Å²) >= 11 is 0. The van der Waals surface area contributed by atoms with Crippen LogP contribution in [0.15, 0.2) is 0 Å². The Labute approximate surface area is 63.2 Å². The van der Waals surface area contributed by atoms with E-state index in [1.807, 2.05) is 13.8 Å². The quantitative estimate of drug-likeness (QED) is 0.647. The monoisotopic (exact) mass is 140 g/mol. The van der Waals surface area contributed by atoms with Gasteiger partial charge in [0.05, 0.1) is 6.07 Å². The Balaban J connectivity index is 3.79. The van der Waals surface area contributed by atoms with Crippen molar-refractivity contribution in [3.63, 3.8) is 0 Å². The zero-order valence-electron chi connectivity index (χ0n) is 7.23. The van der Waals surface area contributed by atoms with Crippen molar-refractivity contribution in [2.45, 2.75) is 45.7 Å². The van der Waals surface area contributed by atoms with Crippen molar-refractivity contribution in [2.75, 3.05) is 0 Å². The van der Waals surface area contributed by atoms with Gasteiger partial charge in [-0.2, -0.15) is 5.26 Å². The molecule has 0 fully saturated rings. The standard InChI is InChI=1S/C8H16N2/c1-5-7(2)10-8(3,4)6-9/h7,10H,5H2,1-4H3. The van der Waals surface area contributed by atoms with E-state index in [0.29, 0.717) is 6.04 Å². The summed E-state index contributed by atoms with van der Waals surface area (Å²) in [6.07, 6.45) is 1.06. The maximum absolute atomic E-state index is 8.63. The molecule has 0 bridgehead atoms. The lowest BCUT2D eigenvalue weighted by Crippen LogP contribution is -2.43. The zero-order valence-corrected chi connectivity index (χ0v) is 7.23. The minimum Gasteiger partial charge on any atom is -0.297 e. The van der Waals surface area contributed by atoms with Gasteiger partial charge in [-0.1, -0.05) is 6.92 Å². The normalized spacial score (nSPS) is 14.3. The Morgan fingerprint density at radius 2 is 2.10 bits per heavy atom. The first-order valence-corrected chi connectivity index (χ1v) is 3.70. The molecule has 1 N–H and O–H groups in total. The van der Waals surface area contributed by atoms with Crippen molar-refractivity contribution >= 4 is 0 Å². The summed E-state index contributed by atoms with van der Waals surface area (Å²) in [7, 11) is 0. The van der Waals surface area contributed by atoms with Gasteiger partial charge in [-0.25, -0.2) is 0 Å². The Bertz CT molecular complexity index is 133. The smallest absolute Gasteiger partial charge is 0.101 e. The molecule has 0 spiro atoms. The van der Waals surface area contributed by atoms with Crippen LogP contribution >= 0.6 is 0 Å². The van der Waals surface area contributed by atoms with Crippen molar-refractivity contribution in [3.05, 3.63) is 0 Å². The van der Waals surface area contributed by atoms with E-state index in [1.165, 1.54) is 0 Å². The van der Waals surface area contributed by atoms with Gasteiger partial charge in [0.25, 0.3) is 0 Å². The average Bonchev–Trinajstić information content (AvgIpc) is 1.87. The second kappa shape index (κ2) is 3.58. The van der Waals surface area contributed by atoms with Crippen LogP contribution in [0.5, 0.6) is 0 Å². The highest BCUT2D eigenvalue weighted by atomic mass is 15.0. The van der Waals surface area contributed by atoms with E-state index in [1.54, 1.807) is 0 Å². The molecule has 58 valence electrons. The highest BCUT2D eigenvalue weighted by molar-refractivity contribution is 5.00. The fourth-order valence-corrected chi connectivity index (χ4v) is 0.750. The molecule has 2 nitrogen and oxygen atoms in total. The molecule has 0 radical (unpaired) electrons. The number of nitrogens with zero attached hydrogens (tertiary/aromatic N) is 1. The highest BCUT2D eigenvalue weighted by Crippen LogP contribution is 2.02. The topological polar surface area (TPSA) is 35.8 Å². The van der Waals surface area contributed by atoms with E-state index < -0.39 is 0 Å². The van der Waals surface area contributed by atoms with Gasteiger partial charge in [0, 0.05) is 6.04 Å². The van der Waals surface area contributed by atoms with Crippen LogP contribution in [-0.4, -0.2) is 11.6 Å². The third kappa shape index (κ3) is 3.47. The number of nitrogens with one attached hydrogen (secondary N) is 1. The predicted octanol–water partition coefficient (Wildman–Crippen LogP) is 1.68. The minimum atomic E-state index is -0.380. The summed E-state index contributed by atoms with van der Waals surface area (Å²) in [6.45, 7) is 7.96. The first kappa shape index (κ1) is 9.45. The third-order valence-electron chi connectivity index (χ3n) is 1.50. The van der Waals surface area contributed by atoms with Gasteiger partial charge < -0.3 is 0 Å². The summed E-state index contributed by atoms with van der Waals surface area (Å²) in [5.41, 5.74) is -0.380. The van der Waals surface area contributed by atoms with Crippen LogP contribution in [0.1, 0.15) is 34.1 Å². The minimum absolute atomic E-state index is 0.380. The number of hydrogen-bond acceptors (Lipinski definition) is 2. The Morgan fingerprint density at radius 1 is 1.60 bits per heavy atom. The molecule has 1 unspecified atom stereocenters. The molecular weight excluding hydrogens is 124 g/mol. The van der Waals surface area contributed by atoms with Crippen molar-refractivity contribution in [1.29, 1.82) is 5.26 Å². The molecule has 0 saturated heterocycles. The van der Waals surface area contributed by atoms with E-state index in [0.717, 1.165) is 6.42 Å². The van der Waals surface area contributed by atoms with Crippen molar-refractivity contribution in [3.8, 4) is 6.07 Å². The van der Waals surface area contributed by atoms with Crippen LogP contribution in [0.4, 0.5) is 0 Å². The Kier molecular flexibility index (Phi) is 3.38. The lowest BCUT2D eigenvalue weighted by molar-refractivity contribution is 0.411. The van der Waals surface area contributed by atoms with Crippen LogP contribution in [0.3, 0.4) is 0 Å². The maximum Gasteiger partial charge on any atom is 0.101 e. The van der Waals surface area contributed by atoms with Crippen LogP contribution < -0.4 is 5.32 Å². The maximum atomic E-state index is 8.63. The first-order valence-electron chi connectivity index (χ1n) is 3.70. The third-order valence-corrected chi connectivity index (χ3v) is 1.50. The van der Waals surface area contributed by atoms with Crippen molar-refractivity contribution in [2.24, 2.45) is 0 Å². The van der Waals surface area contributed by atoms with Gasteiger partial charge in [0.15, 0.2) is 0 Å². The summed E-state index contributed by atoms with van der Waals surface area (Å²) in [4.78, 5) is 0. The first-order chi connectivity index (χ1) is 4.52. The molecule has 0 aromatic heterocycles. The molecule has 10 heavy (non-hydrogen) atoms. The molecule has 0 aromatic carbocycles. The summed E-state index contributed by atoms with van der Waals surface area (Å²) in [5, 5.41) is 11.8. The van der Waals surface area contributed by atoms with E-state index in [9.17, 15) is 0 Å². The molecule has 1 atom stereocenters. The van der Waals surface area contributed by atoms with E-state index >= 15 is 0 Å². The molecule has 0 aromatic rings. The highest BCUT2D eigenvalue weighted by Gasteiger charge is 2.17. The number of nitriles is 1. The lowest BCUT2D eigenvalue weighted by atomic mass is 10.1. The number of hydrogen-bond donors (Lipinski definition) is 1. The SMILES string of the molecule is CCC(C)NC(C)(C)C#N. The van der Waals surface area contributed by atoms with Crippen LogP contribution in [0, 0.1) is 11.3 Å². The van der Waals surface area contributed by atoms with Crippen LogP contribution in [-0.2, 0) is 0 Å². The molecule has 0 aliphatic heterocycles. The van der Waals surface area contributed by atoms with Crippen LogP contribution in [0.25, 0.3) is 0 Å². The summed E-state index contributed by atoms with van der Waals surface area (Å²) in [6, 6.07) is 2.62. The van der Waals surface area contributed by atoms with Gasteiger partial charge in [-0.3, -0.25) is 5.32 Å². The van der Waals surface area contributed by atoms with E-state index in [4.69, 9.17) is 5.26 Å². The summed E-state index contributed by atoms with van der Waals surface area (Å²) < 4.78 is 0. The van der Waals surface area contributed by atoms with Gasteiger partial charge in [-0.05, 0) is 27.2 Å². The largest absolute Gasteiger partial charge is 0.297 e. The molecule has 0 aliphatic rings. The average molecular weight is 140 g/mol. The Hall–Kier alpha value is -0.550. The van der Waals surface area contributed by atoms with Crippen LogP contribution in [0.2, 0.25) is 0 Å². The fourth-order valence-electron chi connectivity index (χ4n) is 0.750. The van der Waals surface area contributed by atoms with Gasteiger partial charge in [0.1, 0.15) is 5.54 Å². The van der Waals surface area contributed by atoms with Crippen molar-refractivity contribution in [1.82, 2.24) is 5.32 Å². The van der Waals surface area contributed by atoms with Gasteiger partial charge in [0.2, 0.25) is 0 Å². The molecular formula is C8H16N2. The molecule has 0 heterocycles. The number of rotatable bonds is 3. The molecule has 0 amide bonds. The Morgan fingerprint density at radius 3 is 2.40 bits per heavy atom. The van der Waals surface area contributed by atoms with Gasteiger partial charge >= 0.3 is 0 Å².